The Bertz CT molecular complexity index is 888. The first kappa shape index (κ1) is 15.5. The molecule has 7 heteroatoms. The Morgan fingerprint density at radius 1 is 1.25 bits per heavy atom. The molecular formula is C17H14N2O5. The van der Waals surface area contributed by atoms with Gasteiger partial charge in [0.25, 0.3) is 5.91 Å². The van der Waals surface area contributed by atoms with Crippen molar-refractivity contribution < 1.29 is 24.2 Å². The van der Waals surface area contributed by atoms with Gasteiger partial charge in [0.1, 0.15) is 18.0 Å². The van der Waals surface area contributed by atoms with E-state index in [0.717, 1.165) is 10.8 Å². The van der Waals surface area contributed by atoms with Gasteiger partial charge in [-0.05, 0) is 29.0 Å². The highest BCUT2D eigenvalue weighted by molar-refractivity contribution is 6.15. The Morgan fingerprint density at radius 3 is 2.54 bits per heavy atom. The number of benzene rings is 2. The predicted molar refractivity (Wildman–Crippen MR) is 86.4 cm³/mol. The van der Waals surface area contributed by atoms with Crippen LogP contribution in [0, 0.1) is 0 Å². The van der Waals surface area contributed by atoms with Crippen molar-refractivity contribution in [2.75, 3.05) is 13.7 Å². The maximum atomic E-state index is 12.2. The molecule has 1 heterocycles. The highest BCUT2D eigenvalue weighted by Crippen LogP contribution is 2.28. The van der Waals surface area contributed by atoms with E-state index in [1.165, 1.54) is 13.2 Å². The number of hydrogen-bond acceptors (Lipinski definition) is 4. The second-order valence-electron chi connectivity index (χ2n) is 5.21. The molecule has 0 radical (unpaired) electrons. The number of rotatable bonds is 4. The molecule has 24 heavy (non-hydrogen) atoms. The number of fused-ring (bicyclic) bond motifs is 1. The van der Waals surface area contributed by atoms with Crippen molar-refractivity contribution in [3.63, 3.8) is 0 Å². The van der Waals surface area contributed by atoms with E-state index in [1.807, 2.05) is 36.4 Å². The lowest BCUT2D eigenvalue weighted by molar-refractivity contribution is -0.140. The number of ether oxygens (including phenoxy) is 1. The molecule has 3 rings (SSSR count). The van der Waals surface area contributed by atoms with Crippen molar-refractivity contribution >= 4 is 34.8 Å². The molecule has 0 aromatic heterocycles. The van der Waals surface area contributed by atoms with Crippen molar-refractivity contribution in [2.24, 2.45) is 0 Å². The number of amides is 3. The van der Waals surface area contributed by atoms with Crippen molar-refractivity contribution in [3.05, 3.63) is 47.7 Å². The van der Waals surface area contributed by atoms with E-state index in [-0.39, 0.29) is 5.70 Å². The Morgan fingerprint density at radius 2 is 1.92 bits per heavy atom. The van der Waals surface area contributed by atoms with Gasteiger partial charge in [0.05, 0.1) is 7.11 Å². The molecule has 0 aliphatic carbocycles. The van der Waals surface area contributed by atoms with Crippen LogP contribution in [-0.2, 0) is 9.59 Å². The number of carboxylic acids is 1. The van der Waals surface area contributed by atoms with Crippen LogP contribution < -0.4 is 10.1 Å². The van der Waals surface area contributed by atoms with Gasteiger partial charge in [-0.15, -0.1) is 0 Å². The fourth-order valence-electron chi connectivity index (χ4n) is 2.53. The summed E-state index contributed by atoms with van der Waals surface area (Å²) in [4.78, 5) is 35.3. The average Bonchev–Trinajstić information content (AvgIpc) is 2.81. The molecule has 1 aliphatic heterocycles. The van der Waals surface area contributed by atoms with Crippen molar-refractivity contribution in [2.45, 2.75) is 0 Å². The zero-order valence-corrected chi connectivity index (χ0v) is 12.8. The Balaban J connectivity index is 2.02. The Kier molecular flexibility index (Phi) is 3.91. The molecule has 7 nitrogen and oxygen atoms in total. The van der Waals surface area contributed by atoms with Gasteiger partial charge in [0, 0.05) is 5.56 Å². The van der Waals surface area contributed by atoms with Crippen LogP contribution >= 0.6 is 0 Å². The Labute approximate surface area is 137 Å². The second-order valence-corrected chi connectivity index (χ2v) is 5.21. The average molecular weight is 326 g/mol. The topological polar surface area (TPSA) is 95.9 Å². The summed E-state index contributed by atoms with van der Waals surface area (Å²) in [6.45, 7) is -0.684. The monoisotopic (exact) mass is 326 g/mol. The lowest BCUT2D eigenvalue weighted by atomic mass is 10.0. The van der Waals surface area contributed by atoms with Crippen LogP contribution in [0.15, 0.2) is 42.1 Å². The van der Waals surface area contributed by atoms with Crippen LogP contribution in [0.5, 0.6) is 5.75 Å². The molecule has 3 amide bonds. The standard InChI is InChI=1S/C17H14N2O5/c1-24-14-8-11-5-3-2-4-10(11)6-12(14)7-13-16(22)19(9-15(20)21)17(23)18-13/h2-8H,9H2,1H3,(H,18,23)(H,20,21)/b13-7-. The Hall–Kier alpha value is -3.35. The summed E-state index contributed by atoms with van der Waals surface area (Å²) in [6.07, 6.45) is 1.48. The number of imide groups is 1. The van der Waals surface area contributed by atoms with Gasteiger partial charge in [-0.2, -0.15) is 0 Å². The van der Waals surface area contributed by atoms with E-state index in [0.29, 0.717) is 16.2 Å². The number of methoxy groups -OCH3 is 1. The van der Waals surface area contributed by atoms with Gasteiger partial charge in [-0.1, -0.05) is 24.3 Å². The molecule has 0 unspecified atom stereocenters. The molecule has 1 fully saturated rings. The number of carboxylic acid groups (broad SMARTS) is 1. The summed E-state index contributed by atoms with van der Waals surface area (Å²) in [5.74, 6) is -1.40. The second kappa shape index (κ2) is 6.04. The highest BCUT2D eigenvalue weighted by atomic mass is 16.5. The number of nitrogens with zero attached hydrogens (tertiary/aromatic N) is 1. The third-order valence-corrected chi connectivity index (χ3v) is 3.65. The third kappa shape index (κ3) is 2.79. The fraction of sp³-hybridized carbons (Fsp3) is 0.118. The van der Waals surface area contributed by atoms with E-state index in [1.54, 1.807) is 0 Å². The zero-order valence-electron chi connectivity index (χ0n) is 12.8. The molecular weight excluding hydrogens is 312 g/mol. The fourth-order valence-corrected chi connectivity index (χ4v) is 2.53. The van der Waals surface area contributed by atoms with Gasteiger partial charge in [0.2, 0.25) is 0 Å². The predicted octanol–water partition coefficient (Wildman–Crippen LogP) is 1.83. The van der Waals surface area contributed by atoms with Crippen LogP contribution in [-0.4, -0.2) is 41.6 Å². The summed E-state index contributed by atoms with van der Waals surface area (Å²) in [5, 5.41) is 13.1. The number of carbonyl (C=O) groups is 3. The van der Waals surface area contributed by atoms with E-state index in [9.17, 15) is 14.4 Å². The molecule has 2 aromatic rings. The molecule has 2 N–H and O–H groups in total. The number of hydrogen-bond donors (Lipinski definition) is 2. The third-order valence-electron chi connectivity index (χ3n) is 3.65. The maximum absolute atomic E-state index is 12.2. The molecule has 0 spiro atoms. The van der Waals surface area contributed by atoms with Crippen LogP contribution in [0.4, 0.5) is 4.79 Å². The van der Waals surface area contributed by atoms with Crippen LogP contribution in [0.2, 0.25) is 0 Å². The molecule has 122 valence electrons. The normalized spacial score (nSPS) is 15.9. The van der Waals surface area contributed by atoms with Gasteiger partial charge in [0.15, 0.2) is 0 Å². The molecule has 1 saturated heterocycles. The van der Waals surface area contributed by atoms with E-state index >= 15 is 0 Å². The summed E-state index contributed by atoms with van der Waals surface area (Å²) < 4.78 is 5.34. The number of aliphatic carboxylic acids is 1. The lowest BCUT2D eigenvalue weighted by Crippen LogP contribution is -2.35. The van der Waals surface area contributed by atoms with Gasteiger partial charge >= 0.3 is 12.0 Å². The van der Waals surface area contributed by atoms with E-state index < -0.39 is 24.5 Å². The quantitative estimate of drug-likeness (QED) is 0.660. The SMILES string of the molecule is COc1cc2ccccc2cc1/C=C1\NC(=O)N(CC(=O)O)C1=O. The van der Waals surface area contributed by atoms with Crippen LogP contribution in [0.25, 0.3) is 16.8 Å². The van der Waals surface area contributed by atoms with Gasteiger partial charge < -0.3 is 15.2 Å². The smallest absolute Gasteiger partial charge is 0.329 e. The molecule has 0 saturated carbocycles. The van der Waals surface area contributed by atoms with E-state index in [4.69, 9.17) is 9.84 Å². The summed E-state index contributed by atoms with van der Waals surface area (Å²) in [7, 11) is 1.51. The lowest BCUT2D eigenvalue weighted by Gasteiger charge is -2.08. The first-order valence-electron chi connectivity index (χ1n) is 7.12. The first-order valence-corrected chi connectivity index (χ1v) is 7.12. The number of nitrogens with one attached hydrogen (secondary N) is 1. The van der Waals surface area contributed by atoms with Crippen LogP contribution in [0.1, 0.15) is 5.56 Å². The van der Waals surface area contributed by atoms with E-state index in [2.05, 4.69) is 5.32 Å². The van der Waals surface area contributed by atoms with Crippen molar-refractivity contribution in [1.82, 2.24) is 10.2 Å². The van der Waals surface area contributed by atoms with Crippen LogP contribution in [0.3, 0.4) is 0 Å². The molecule has 0 atom stereocenters. The summed E-state index contributed by atoms with van der Waals surface area (Å²) in [5.41, 5.74) is 0.617. The summed E-state index contributed by atoms with van der Waals surface area (Å²) in [6, 6.07) is 10.6. The first-order chi connectivity index (χ1) is 11.5. The van der Waals surface area contributed by atoms with Crippen molar-refractivity contribution in [1.29, 1.82) is 0 Å². The van der Waals surface area contributed by atoms with Gasteiger partial charge in [-0.25, -0.2) is 9.69 Å². The minimum Gasteiger partial charge on any atom is -0.496 e. The minimum atomic E-state index is -1.26. The molecule has 1 aliphatic rings. The van der Waals surface area contributed by atoms with Crippen molar-refractivity contribution in [3.8, 4) is 5.75 Å². The molecule has 2 aromatic carbocycles. The molecule has 0 bridgehead atoms. The largest absolute Gasteiger partial charge is 0.496 e. The van der Waals surface area contributed by atoms with Gasteiger partial charge in [-0.3, -0.25) is 9.59 Å². The zero-order chi connectivity index (χ0) is 17.3. The number of urea groups is 1. The number of carbonyl (C=O) groups excluding carboxylic acids is 2. The highest BCUT2D eigenvalue weighted by Gasteiger charge is 2.35. The maximum Gasteiger partial charge on any atom is 0.329 e. The summed E-state index contributed by atoms with van der Waals surface area (Å²) >= 11 is 0. The minimum absolute atomic E-state index is 0.00910.